The molecule has 26 heavy (non-hydrogen) atoms. The SMILES string of the molecule is Cc1nocc1-c1cnc2c(n1)N(Cc1c(F)ccc(F)c1Cl)CCN2. The van der Waals surface area contributed by atoms with Crippen molar-refractivity contribution in [3.05, 3.63) is 52.5 Å². The van der Waals surface area contributed by atoms with E-state index in [9.17, 15) is 8.78 Å². The second-order valence-corrected chi connectivity index (χ2v) is 6.29. The van der Waals surface area contributed by atoms with Gasteiger partial charge < -0.3 is 14.7 Å². The summed E-state index contributed by atoms with van der Waals surface area (Å²) in [6.07, 6.45) is 3.11. The van der Waals surface area contributed by atoms with E-state index in [4.69, 9.17) is 16.1 Å². The number of nitrogens with zero attached hydrogens (tertiary/aromatic N) is 4. The molecule has 6 nitrogen and oxygen atoms in total. The number of rotatable bonds is 3. The number of nitrogens with one attached hydrogen (secondary N) is 1. The predicted molar refractivity (Wildman–Crippen MR) is 93.2 cm³/mol. The van der Waals surface area contributed by atoms with Crippen LogP contribution in [0.5, 0.6) is 0 Å². The maximum absolute atomic E-state index is 14.2. The molecule has 0 unspecified atom stereocenters. The molecule has 1 aliphatic heterocycles. The van der Waals surface area contributed by atoms with Crippen molar-refractivity contribution in [3.63, 3.8) is 0 Å². The molecule has 0 spiro atoms. The van der Waals surface area contributed by atoms with Gasteiger partial charge in [0, 0.05) is 25.2 Å². The summed E-state index contributed by atoms with van der Waals surface area (Å²) in [7, 11) is 0. The predicted octanol–water partition coefficient (Wildman–Crippen LogP) is 3.80. The van der Waals surface area contributed by atoms with E-state index in [1.807, 2.05) is 4.90 Å². The first-order chi connectivity index (χ1) is 12.5. The molecule has 0 bridgehead atoms. The van der Waals surface area contributed by atoms with Crippen LogP contribution in [-0.2, 0) is 6.54 Å². The van der Waals surface area contributed by atoms with Gasteiger partial charge in [0.15, 0.2) is 11.6 Å². The van der Waals surface area contributed by atoms with E-state index >= 15 is 0 Å². The molecule has 0 atom stereocenters. The Balaban J connectivity index is 1.73. The van der Waals surface area contributed by atoms with Crippen LogP contribution in [0.4, 0.5) is 20.4 Å². The molecule has 1 aliphatic rings. The first-order valence-corrected chi connectivity index (χ1v) is 8.32. The highest BCUT2D eigenvalue weighted by Crippen LogP contribution is 2.32. The number of anilines is 2. The smallest absolute Gasteiger partial charge is 0.172 e. The molecule has 4 rings (SSSR count). The third kappa shape index (κ3) is 2.86. The molecule has 2 aromatic heterocycles. The highest BCUT2D eigenvalue weighted by Gasteiger charge is 2.24. The summed E-state index contributed by atoms with van der Waals surface area (Å²) < 4.78 is 32.9. The Bertz CT molecular complexity index is 978. The topological polar surface area (TPSA) is 67.1 Å². The van der Waals surface area contributed by atoms with Crippen LogP contribution in [0, 0.1) is 18.6 Å². The Hall–Kier alpha value is -2.74. The first-order valence-electron chi connectivity index (χ1n) is 7.94. The third-order valence-electron chi connectivity index (χ3n) is 4.24. The molecular formula is C17H14ClF2N5O. The van der Waals surface area contributed by atoms with E-state index in [0.717, 1.165) is 17.7 Å². The highest BCUT2D eigenvalue weighted by atomic mass is 35.5. The maximum Gasteiger partial charge on any atom is 0.172 e. The summed E-state index contributed by atoms with van der Waals surface area (Å²) in [4.78, 5) is 10.8. The molecule has 1 aromatic carbocycles. The van der Waals surface area contributed by atoms with Gasteiger partial charge in [-0.1, -0.05) is 16.8 Å². The summed E-state index contributed by atoms with van der Waals surface area (Å²) in [5, 5.41) is 6.78. The van der Waals surface area contributed by atoms with E-state index in [-0.39, 0.29) is 17.1 Å². The van der Waals surface area contributed by atoms with Crippen molar-refractivity contribution in [3.8, 4) is 11.3 Å². The van der Waals surface area contributed by atoms with Crippen molar-refractivity contribution < 1.29 is 13.3 Å². The van der Waals surface area contributed by atoms with Crippen LogP contribution in [0.2, 0.25) is 5.02 Å². The van der Waals surface area contributed by atoms with Gasteiger partial charge in [-0.2, -0.15) is 0 Å². The van der Waals surface area contributed by atoms with Crippen LogP contribution in [-0.4, -0.2) is 28.2 Å². The Labute approximate surface area is 152 Å². The lowest BCUT2D eigenvalue weighted by Gasteiger charge is -2.30. The zero-order chi connectivity index (χ0) is 18.3. The van der Waals surface area contributed by atoms with E-state index in [1.165, 1.54) is 6.26 Å². The fraction of sp³-hybridized carbons (Fsp3) is 0.235. The molecule has 3 heterocycles. The van der Waals surface area contributed by atoms with Crippen molar-refractivity contribution in [2.75, 3.05) is 23.3 Å². The second-order valence-electron chi connectivity index (χ2n) is 5.91. The second kappa shape index (κ2) is 6.53. The van der Waals surface area contributed by atoms with Crippen LogP contribution in [0.25, 0.3) is 11.3 Å². The molecule has 0 radical (unpaired) electrons. The number of aromatic nitrogens is 3. The average Bonchev–Trinajstić information content (AvgIpc) is 3.07. The zero-order valence-corrected chi connectivity index (χ0v) is 14.5. The molecule has 1 N–H and O–H groups in total. The zero-order valence-electron chi connectivity index (χ0n) is 13.8. The molecule has 3 aromatic rings. The Morgan fingerprint density at radius 2 is 2.12 bits per heavy atom. The summed E-state index contributed by atoms with van der Waals surface area (Å²) in [6, 6.07) is 2.09. The van der Waals surface area contributed by atoms with Crippen molar-refractivity contribution in [1.82, 2.24) is 15.1 Å². The Kier molecular flexibility index (Phi) is 4.20. The lowest BCUT2D eigenvalue weighted by molar-refractivity contribution is 0.415. The minimum atomic E-state index is -0.654. The molecular weight excluding hydrogens is 364 g/mol. The fourth-order valence-corrected chi connectivity index (χ4v) is 3.08. The first kappa shape index (κ1) is 16.7. The minimum absolute atomic E-state index is 0.0812. The van der Waals surface area contributed by atoms with Crippen molar-refractivity contribution in [2.45, 2.75) is 13.5 Å². The number of hydrogen-bond donors (Lipinski definition) is 1. The van der Waals surface area contributed by atoms with Crippen LogP contribution < -0.4 is 10.2 Å². The number of benzene rings is 1. The number of aryl methyl sites for hydroxylation is 1. The van der Waals surface area contributed by atoms with Crippen molar-refractivity contribution in [1.29, 1.82) is 0 Å². The Morgan fingerprint density at radius 1 is 1.31 bits per heavy atom. The quantitative estimate of drug-likeness (QED) is 0.700. The minimum Gasteiger partial charge on any atom is -0.365 e. The Morgan fingerprint density at radius 3 is 2.88 bits per heavy atom. The molecule has 9 heteroatoms. The van der Waals surface area contributed by atoms with E-state index < -0.39 is 11.6 Å². The van der Waals surface area contributed by atoms with Gasteiger partial charge in [0.2, 0.25) is 0 Å². The van der Waals surface area contributed by atoms with E-state index in [1.54, 1.807) is 13.1 Å². The van der Waals surface area contributed by atoms with Crippen molar-refractivity contribution >= 4 is 23.2 Å². The van der Waals surface area contributed by atoms with Gasteiger partial charge in [-0.15, -0.1) is 0 Å². The number of fused-ring (bicyclic) bond motifs is 1. The molecule has 134 valence electrons. The summed E-state index contributed by atoms with van der Waals surface area (Å²) >= 11 is 5.96. The molecule has 0 saturated carbocycles. The van der Waals surface area contributed by atoms with Gasteiger partial charge in [-0.25, -0.2) is 18.7 Å². The molecule has 0 fully saturated rings. The van der Waals surface area contributed by atoms with Gasteiger partial charge in [-0.05, 0) is 19.1 Å². The lowest BCUT2D eigenvalue weighted by atomic mass is 10.1. The van der Waals surface area contributed by atoms with Crippen LogP contribution in [0.1, 0.15) is 11.3 Å². The molecule has 0 aliphatic carbocycles. The molecule has 0 amide bonds. The van der Waals surface area contributed by atoms with Crippen LogP contribution in [0.3, 0.4) is 0 Å². The van der Waals surface area contributed by atoms with Gasteiger partial charge >= 0.3 is 0 Å². The highest BCUT2D eigenvalue weighted by molar-refractivity contribution is 6.31. The standard InChI is InChI=1S/C17H14ClF2N5O/c1-9-11(8-26-24-9)14-6-22-16-17(23-14)25(5-4-21-16)7-10-12(19)2-3-13(20)15(10)18/h2-3,6,8H,4-5,7H2,1H3,(H,21,22). The monoisotopic (exact) mass is 377 g/mol. The van der Waals surface area contributed by atoms with Crippen LogP contribution in [0.15, 0.2) is 29.1 Å². The number of halogens is 3. The van der Waals surface area contributed by atoms with Gasteiger partial charge in [0.1, 0.15) is 17.9 Å². The summed E-state index contributed by atoms with van der Waals surface area (Å²) in [6.45, 7) is 3.03. The van der Waals surface area contributed by atoms with E-state index in [2.05, 4.69) is 20.4 Å². The average molecular weight is 378 g/mol. The largest absolute Gasteiger partial charge is 0.365 e. The van der Waals surface area contributed by atoms with Crippen LogP contribution >= 0.6 is 11.6 Å². The maximum atomic E-state index is 14.2. The fourth-order valence-electron chi connectivity index (χ4n) is 2.87. The third-order valence-corrected chi connectivity index (χ3v) is 4.65. The van der Waals surface area contributed by atoms with Gasteiger partial charge in [0.25, 0.3) is 0 Å². The lowest BCUT2D eigenvalue weighted by Crippen LogP contribution is -2.35. The van der Waals surface area contributed by atoms with E-state index in [0.29, 0.717) is 36.1 Å². The van der Waals surface area contributed by atoms with Gasteiger partial charge in [-0.3, -0.25) is 0 Å². The molecule has 0 saturated heterocycles. The van der Waals surface area contributed by atoms with Gasteiger partial charge in [0.05, 0.1) is 28.2 Å². The normalized spacial score (nSPS) is 13.5. The summed E-state index contributed by atoms with van der Waals surface area (Å²) in [5.74, 6) is -0.107. The van der Waals surface area contributed by atoms with Crippen molar-refractivity contribution in [2.24, 2.45) is 0 Å². The number of hydrogen-bond acceptors (Lipinski definition) is 6. The summed E-state index contributed by atoms with van der Waals surface area (Å²) in [5.41, 5.74) is 2.09.